The van der Waals surface area contributed by atoms with Crippen LogP contribution in [0.3, 0.4) is 0 Å². The second kappa shape index (κ2) is 903. The predicted octanol–water partition coefficient (Wildman–Crippen LogP) is 39.4. The SMILES string of the molecule is CC.CC.CC.CC.CC.CC.CC.CC.CC.CC.CC.CC.CC.CC.CC.CC.CC.CC.CC.CC.CC.CC.CC.CC.CCCCCC.CCCCCCC.C[CH-]CCC[CH-]C.C[CH-]CC[CH-]C.C[CH-]CC[CH-]C.C[CH-]CC[CH-]C.[Ir].[Ir]. The van der Waals surface area contributed by atoms with Crippen molar-refractivity contribution < 1.29 is 40.2 Å². The van der Waals surface area contributed by atoms with Gasteiger partial charge in [-0.1, -0.05) is 418 Å². The number of rotatable bonds is 20. The summed E-state index contributed by atoms with van der Waals surface area (Å²) in [5.74, 6) is 0. The standard InChI is InChI=1S/C7H16.C7H14.C6H14.3C6H12.24C2H6.2Ir/c2*1-3-5-7-6-4-2;4*1-3-5-6-4-2;24*1-2;;/h3-7H2,1-2H3;3-4H,5-7H2,1-2H3;3-6H2,1-2H3;3*3-4H,5-6H2,1-2H3;24*1-2H3;;/q;-2;;3*-2;;;;;;;;;;;;;;;;;;;;;;;;;;. The van der Waals surface area contributed by atoms with Crippen molar-refractivity contribution in [3.63, 3.8) is 0 Å². The average Bonchev–Trinajstić information content (AvgIpc) is 3.67. The van der Waals surface area contributed by atoms with Gasteiger partial charge in [0.2, 0.25) is 0 Å². The molecule has 594 valence electrons. The molecule has 0 saturated carbocycles. The zero-order chi connectivity index (χ0) is 78.4. The number of unbranched alkanes of at least 4 members (excludes halogenated alkanes) is 20. The molecule has 0 unspecified atom stereocenters. The quantitative estimate of drug-likeness (QED) is 0.0842. The summed E-state index contributed by atoms with van der Waals surface area (Å²) >= 11 is 0. The molecule has 88 heavy (non-hydrogen) atoms. The smallest absolute Gasteiger partial charge is 0 e. The Bertz CT molecular complexity index is 192. The van der Waals surface area contributed by atoms with Gasteiger partial charge in [0.15, 0.2) is 0 Å². The summed E-state index contributed by atoms with van der Waals surface area (Å²) in [7, 11) is 0. The molecule has 0 atom stereocenters. The Kier molecular flexibility index (Phi) is 2180. The first kappa shape index (κ1) is 212. The van der Waals surface area contributed by atoms with Gasteiger partial charge in [-0.3, -0.25) is 0 Å². The zero-order valence-corrected chi connectivity index (χ0v) is 82.8. The minimum atomic E-state index is 0. The van der Waals surface area contributed by atoms with Crippen LogP contribution in [-0.4, -0.2) is 0 Å². The molecule has 0 heterocycles. The van der Waals surface area contributed by atoms with Crippen LogP contribution >= 0.6 is 0 Å². The molecule has 2 heteroatoms. The summed E-state index contributed by atoms with van der Waals surface area (Å²) in [4.78, 5) is 0. The largest absolute Gasteiger partial charge is 0.334 e. The van der Waals surface area contributed by atoms with Crippen LogP contribution < -0.4 is 0 Å². The number of hydrogen-bond donors (Lipinski definition) is 0. The third-order valence-corrected chi connectivity index (χ3v) is 5.38. The molecular formula is C86H224Ir2-8. The third kappa shape index (κ3) is 1430. The first-order valence-corrected chi connectivity index (χ1v) is 40.7. The van der Waals surface area contributed by atoms with Crippen LogP contribution in [0.1, 0.15) is 531 Å². The second-order valence-electron chi connectivity index (χ2n) is 9.70. The summed E-state index contributed by atoms with van der Waals surface area (Å²) in [6, 6.07) is 0. The Labute approximate surface area is 618 Å². The molecule has 0 spiro atoms. The maximum absolute atomic E-state index is 2.25. The fourth-order valence-electron chi connectivity index (χ4n) is 2.70. The van der Waals surface area contributed by atoms with Crippen molar-refractivity contribution in [2.75, 3.05) is 0 Å². The van der Waals surface area contributed by atoms with Gasteiger partial charge < -0.3 is 51.4 Å². The van der Waals surface area contributed by atoms with E-state index in [-0.39, 0.29) is 40.2 Å². The van der Waals surface area contributed by atoms with Gasteiger partial charge in [-0.2, -0.15) is 68.2 Å². The molecule has 0 fully saturated rings. The second-order valence-corrected chi connectivity index (χ2v) is 9.70. The van der Waals surface area contributed by atoms with Crippen molar-refractivity contribution in [1.29, 1.82) is 0 Å². The van der Waals surface area contributed by atoms with Crippen molar-refractivity contribution in [2.45, 2.75) is 531 Å². The van der Waals surface area contributed by atoms with Gasteiger partial charge in [-0.15, -0.1) is 6.42 Å². The molecule has 2 radical (unpaired) electrons. The molecule has 0 aromatic heterocycles. The first-order valence-electron chi connectivity index (χ1n) is 40.7. The summed E-state index contributed by atoms with van der Waals surface area (Å²) in [5, 5.41) is 0. The van der Waals surface area contributed by atoms with Crippen LogP contribution in [0.25, 0.3) is 0 Å². The van der Waals surface area contributed by atoms with E-state index in [9.17, 15) is 0 Å². The van der Waals surface area contributed by atoms with Gasteiger partial charge in [0.05, 0.1) is 0 Å². The van der Waals surface area contributed by atoms with Crippen molar-refractivity contribution in [3.8, 4) is 0 Å². The maximum Gasteiger partial charge on any atom is 0 e. The van der Waals surface area contributed by atoms with Crippen LogP contribution in [0.5, 0.6) is 0 Å². The number of hydrogen-bond acceptors (Lipinski definition) is 0. The summed E-state index contributed by atoms with van der Waals surface area (Å²) in [6.45, 7) is 122. The maximum atomic E-state index is 2.25. The van der Waals surface area contributed by atoms with Crippen LogP contribution in [0, 0.1) is 51.4 Å². The normalized spacial score (nSPS) is 5.59. The Hall–Kier alpha value is 1.30. The summed E-state index contributed by atoms with van der Waals surface area (Å²) in [5.41, 5.74) is 0. The van der Waals surface area contributed by atoms with Gasteiger partial charge >= 0.3 is 0 Å². The van der Waals surface area contributed by atoms with Crippen molar-refractivity contribution >= 4 is 0 Å². The van der Waals surface area contributed by atoms with Crippen LogP contribution in [0.4, 0.5) is 0 Å². The molecule has 0 rings (SSSR count). The van der Waals surface area contributed by atoms with Gasteiger partial charge in [-0.25, -0.2) is 38.5 Å². The van der Waals surface area contributed by atoms with E-state index in [1.165, 1.54) is 116 Å². The van der Waals surface area contributed by atoms with Crippen LogP contribution in [-0.2, 0) is 40.2 Å². The molecule has 0 aromatic carbocycles. The molecule has 0 bridgehead atoms. The molecule has 0 aliphatic rings. The zero-order valence-electron chi connectivity index (χ0n) is 78.0. The van der Waals surface area contributed by atoms with Crippen molar-refractivity contribution in [2.24, 2.45) is 0 Å². The van der Waals surface area contributed by atoms with E-state index in [1.54, 1.807) is 0 Å². The minimum Gasteiger partial charge on any atom is -0.334 e. The molecule has 0 amide bonds. The molecule has 0 aromatic rings. The Morgan fingerprint density at radius 3 is 0.273 bits per heavy atom. The van der Waals surface area contributed by atoms with Crippen molar-refractivity contribution in [3.05, 3.63) is 51.4 Å². The average molecular weight is 1640 g/mol. The molecule has 0 nitrogen and oxygen atoms in total. The molecule has 0 aliphatic carbocycles. The van der Waals surface area contributed by atoms with Gasteiger partial charge in [0, 0.05) is 40.2 Å². The van der Waals surface area contributed by atoms with Gasteiger partial charge in [0.25, 0.3) is 0 Å². The Morgan fingerprint density at radius 1 is 0.125 bits per heavy atom. The van der Waals surface area contributed by atoms with E-state index in [0.717, 1.165) is 0 Å². The monoisotopic (exact) mass is 1640 g/mol. The van der Waals surface area contributed by atoms with E-state index in [1.807, 2.05) is 332 Å². The van der Waals surface area contributed by atoms with E-state index >= 15 is 0 Å². The predicted molar refractivity (Wildman–Crippen MR) is 458 cm³/mol. The topological polar surface area (TPSA) is 0 Å². The summed E-state index contributed by atoms with van der Waals surface area (Å²) in [6.07, 6.45) is 41.3. The fraction of sp³-hybridized carbons (Fsp3) is 0.907. The molecular weight excluding hydrogens is 1420 g/mol. The van der Waals surface area contributed by atoms with E-state index < -0.39 is 0 Å². The van der Waals surface area contributed by atoms with E-state index in [2.05, 4.69) is 134 Å². The third-order valence-electron chi connectivity index (χ3n) is 5.38. The van der Waals surface area contributed by atoms with Crippen LogP contribution in [0.15, 0.2) is 0 Å². The van der Waals surface area contributed by atoms with Gasteiger partial charge in [-0.05, 0) is 0 Å². The van der Waals surface area contributed by atoms with Crippen LogP contribution in [0.2, 0.25) is 0 Å². The van der Waals surface area contributed by atoms with Gasteiger partial charge in [0.1, 0.15) is 0 Å². The minimum absolute atomic E-state index is 0. The van der Waals surface area contributed by atoms with E-state index in [0.29, 0.717) is 0 Å². The first-order chi connectivity index (χ1) is 42.5. The molecule has 0 aliphatic heterocycles. The Balaban J connectivity index is -0.0000000125. The Morgan fingerprint density at radius 2 is 0.205 bits per heavy atom. The molecule has 0 N–H and O–H groups in total. The van der Waals surface area contributed by atoms with Crippen molar-refractivity contribution in [1.82, 2.24) is 0 Å². The molecule has 0 saturated heterocycles. The van der Waals surface area contributed by atoms with E-state index in [4.69, 9.17) is 0 Å². The fourth-order valence-corrected chi connectivity index (χ4v) is 2.70. The summed E-state index contributed by atoms with van der Waals surface area (Å²) < 4.78 is 0.